The summed E-state index contributed by atoms with van der Waals surface area (Å²) in [5.74, 6) is 0. The van der Waals surface area contributed by atoms with E-state index in [1.165, 1.54) is 0 Å². The first kappa shape index (κ1) is 9.72. The Bertz CT molecular complexity index is 668. The lowest BCUT2D eigenvalue weighted by Gasteiger charge is -2.02. The fourth-order valence-corrected chi connectivity index (χ4v) is 1.82. The van der Waals surface area contributed by atoms with E-state index in [1.807, 2.05) is 48.5 Å². The molecule has 0 amide bonds. The van der Waals surface area contributed by atoms with E-state index in [4.69, 9.17) is 0 Å². The maximum atomic E-state index is 11.4. The number of hydrogen-bond acceptors (Lipinski definition) is 3. The summed E-state index contributed by atoms with van der Waals surface area (Å²) in [7, 11) is 0. The van der Waals surface area contributed by atoms with Crippen LogP contribution in [0.3, 0.4) is 0 Å². The summed E-state index contributed by atoms with van der Waals surface area (Å²) < 4.78 is 0. The van der Waals surface area contributed by atoms with Gasteiger partial charge in [-0.05, 0) is 6.07 Å². The lowest BCUT2D eigenvalue weighted by atomic mass is 10.1. The molecule has 0 N–H and O–H groups in total. The SMILES string of the molecule is [O-][n+]1nc(-c2ccccc2)c2ccccc2n1. The Kier molecular flexibility index (Phi) is 2.19. The minimum absolute atomic E-state index is 0.366. The van der Waals surface area contributed by atoms with Crippen LogP contribution in [0, 0.1) is 5.21 Å². The summed E-state index contributed by atoms with van der Waals surface area (Å²) in [6.45, 7) is 0. The van der Waals surface area contributed by atoms with Gasteiger partial charge in [0.2, 0.25) is 0 Å². The van der Waals surface area contributed by atoms with E-state index in [0.717, 1.165) is 10.9 Å². The number of hydrogen-bond donors (Lipinski definition) is 0. The topological polar surface area (TPSA) is 52.7 Å². The van der Waals surface area contributed by atoms with Crippen molar-refractivity contribution in [3.8, 4) is 11.3 Å². The van der Waals surface area contributed by atoms with E-state index in [-0.39, 0.29) is 0 Å². The predicted molar refractivity (Wildman–Crippen MR) is 63.9 cm³/mol. The van der Waals surface area contributed by atoms with Crippen molar-refractivity contribution in [3.63, 3.8) is 0 Å². The summed E-state index contributed by atoms with van der Waals surface area (Å²) in [6, 6.07) is 17.1. The number of benzene rings is 2. The van der Waals surface area contributed by atoms with E-state index >= 15 is 0 Å². The molecule has 1 heterocycles. The second-order valence-electron chi connectivity index (χ2n) is 3.68. The van der Waals surface area contributed by atoms with Crippen LogP contribution in [0.1, 0.15) is 0 Å². The molecule has 0 aliphatic carbocycles. The molecule has 0 atom stereocenters. The second-order valence-corrected chi connectivity index (χ2v) is 3.68. The van der Waals surface area contributed by atoms with E-state index in [0.29, 0.717) is 16.2 Å². The normalized spacial score (nSPS) is 10.6. The highest BCUT2D eigenvalue weighted by Gasteiger charge is 2.11. The Morgan fingerprint density at radius 2 is 1.53 bits per heavy atom. The van der Waals surface area contributed by atoms with Crippen molar-refractivity contribution in [2.75, 3.05) is 0 Å². The van der Waals surface area contributed by atoms with Crippen LogP contribution < -0.4 is 4.96 Å². The average molecular weight is 223 g/mol. The van der Waals surface area contributed by atoms with Gasteiger partial charge in [0.15, 0.2) is 5.69 Å². The van der Waals surface area contributed by atoms with Crippen LogP contribution in [-0.2, 0) is 0 Å². The summed E-state index contributed by atoms with van der Waals surface area (Å²) in [4.78, 5) is 0.366. The minimum Gasteiger partial charge on any atom is -0.569 e. The molecule has 3 aromatic rings. The molecule has 17 heavy (non-hydrogen) atoms. The van der Waals surface area contributed by atoms with Crippen molar-refractivity contribution in [2.45, 2.75) is 0 Å². The Labute approximate surface area is 97.7 Å². The molecule has 2 aromatic carbocycles. The fourth-order valence-electron chi connectivity index (χ4n) is 1.82. The third kappa shape index (κ3) is 1.69. The molecule has 0 saturated heterocycles. The van der Waals surface area contributed by atoms with Gasteiger partial charge in [-0.1, -0.05) is 48.5 Å². The molecule has 0 aliphatic rings. The van der Waals surface area contributed by atoms with Crippen LogP contribution in [0.25, 0.3) is 22.2 Å². The zero-order valence-electron chi connectivity index (χ0n) is 8.95. The summed E-state index contributed by atoms with van der Waals surface area (Å²) in [5, 5.41) is 20.0. The first-order valence-corrected chi connectivity index (χ1v) is 5.27. The van der Waals surface area contributed by atoms with Crippen LogP contribution >= 0.6 is 0 Å². The lowest BCUT2D eigenvalue weighted by Crippen LogP contribution is -2.35. The van der Waals surface area contributed by atoms with E-state index in [2.05, 4.69) is 10.2 Å². The van der Waals surface area contributed by atoms with Gasteiger partial charge >= 0.3 is 0 Å². The van der Waals surface area contributed by atoms with Crippen molar-refractivity contribution in [3.05, 3.63) is 59.8 Å². The van der Waals surface area contributed by atoms with Crippen molar-refractivity contribution in [1.82, 2.24) is 10.2 Å². The smallest absolute Gasteiger partial charge is 0.151 e. The number of aromatic nitrogens is 3. The second kappa shape index (κ2) is 3.83. The Morgan fingerprint density at radius 1 is 0.824 bits per heavy atom. The number of rotatable bonds is 1. The molecule has 0 bridgehead atoms. The van der Waals surface area contributed by atoms with Gasteiger partial charge < -0.3 is 5.21 Å². The third-order valence-corrected chi connectivity index (χ3v) is 2.59. The maximum Gasteiger partial charge on any atom is 0.151 e. The molecule has 0 unspecified atom stereocenters. The van der Waals surface area contributed by atoms with Gasteiger partial charge in [0.1, 0.15) is 5.52 Å². The van der Waals surface area contributed by atoms with Gasteiger partial charge in [0, 0.05) is 21.1 Å². The standard InChI is InChI=1S/C13H9N3O/c17-16-14-12-9-5-4-8-11(12)13(15-16)10-6-2-1-3-7-10/h1-9H. The van der Waals surface area contributed by atoms with Crippen LogP contribution in [0.15, 0.2) is 54.6 Å². The monoisotopic (exact) mass is 223 g/mol. The zero-order valence-corrected chi connectivity index (χ0v) is 8.95. The maximum absolute atomic E-state index is 11.4. The zero-order chi connectivity index (χ0) is 11.7. The Morgan fingerprint density at radius 3 is 2.35 bits per heavy atom. The molecule has 0 spiro atoms. The summed E-state index contributed by atoms with van der Waals surface area (Å²) in [5.41, 5.74) is 2.22. The largest absolute Gasteiger partial charge is 0.569 e. The molecule has 0 saturated carbocycles. The van der Waals surface area contributed by atoms with Crippen LogP contribution in [-0.4, -0.2) is 10.2 Å². The van der Waals surface area contributed by atoms with E-state index in [9.17, 15) is 5.21 Å². The summed E-state index contributed by atoms with van der Waals surface area (Å²) >= 11 is 0. The fraction of sp³-hybridized carbons (Fsp3) is 0. The van der Waals surface area contributed by atoms with Crippen LogP contribution in [0.4, 0.5) is 0 Å². The average Bonchev–Trinajstić information content (AvgIpc) is 2.39. The van der Waals surface area contributed by atoms with Crippen molar-refractivity contribution in [1.29, 1.82) is 0 Å². The quantitative estimate of drug-likeness (QED) is 0.468. The van der Waals surface area contributed by atoms with Gasteiger partial charge in [-0.25, -0.2) is 0 Å². The number of nitrogens with zero attached hydrogens (tertiary/aromatic N) is 3. The predicted octanol–water partition coefficient (Wildman–Crippen LogP) is 1.93. The molecule has 0 aliphatic heterocycles. The minimum atomic E-state index is 0.366. The third-order valence-electron chi connectivity index (χ3n) is 2.59. The van der Waals surface area contributed by atoms with Gasteiger partial charge in [-0.15, -0.1) is 0 Å². The highest BCUT2D eigenvalue weighted by molar-refractivity contribution is 5.91. The molecule has 0 radical (unpaired) electrons. The van der Waals surface area contributed by atoms with Gasteiger partial charge in [0.25, 0.3) is 0 Å². The highest BCUT2D eigenvalue weighted by Crippen LogP contribution is 2.23. The molecule has 4 nitrogen and oxygen atoms in total. The van der Waals surface area contributed by atoms with Crippen LogP contribution in [0.2, 0.25) is 0 Å². The lowest BCUT2D eigenvalue weighted by molar-refractivity contribution is -0.725. The molecule has 82 valence electrons. The molecule has 1 aromatic heterocycles. The van der Waals surface area contributed by atoms with Gasteiger partial charge in [-0.3, -0.25) is 0 Å². The number of fused-ring (bicyclic) bond motifs is 1. The van der Waals surface area contributed by atoms with Crippen LogP contribution in [0.5, 0.6) is 0 Å². The van der Waals surface area contributed by atoms with Gasteiger partial charge in [0.05, 0.1) is 4.96 Å². The molecular formula is C13H9N3O. The van der Waals surface area contributed by atoms with Crippen molar-refractivity contribution in [2.24, 2.45) is 0 Å². The molecule has 3 rings (SSSR count). The molecule has 4 heteroatoms. The first-order valence-electron chi connectivity index (χ1n) is 5.27. The van der Waals surface area contributed by atoms with E-state index < -0.39 is 0 Å². The van der Waals surface area contributed by atoms with Crippen molar-refractivity contribution < 1.29 is 4.96 Å². The molecular weight excluding hydrogens is 214 g/mol. The van der Waals surface area contributed by atoms with E-state index in [1.54, 1.807) is 6.07 Å². The van der Waals surface area contributed by atoms with Gasteiger partial charge in [-0.2, -0.15) is 0 Å². The Balaban J connectivity index is 2.36. The summed E-state index contributed by atoms with van der Waals surface area (Å²) in [6.07, 6.45) is 0. The highest BCUT2D eigenvalue weighted by atomic mass is 16.5. The Hall–Kier alpha value is -2.49. The first-order chi connectivity index (χ1) is 8.34. The van der Waals surface area contributed by atoms with Crippen molar-refractivity contribution >= 4 is 10.9 Å². The molecule has 0 fully saturated rings.